The molecule has 3 rings (SSSR count). The number of carbonyl (C=O) groups excluding carboxylic acids is 1. The van der Waals surface area contributed by atoms with Gasteiger partial charge in [0.15, 0.2) is 0 Å². The van der Waals surface area contributed by atoms with E-state index in [9.17, 15) is 9.59 Å². The minimum absolute atomic E-state index is 0.0707. The van der Waals surface area contributed by atoms with Crippen LogP contribution in [0.1, 0.15) is 20.3 Å². The van der Waals surface area contributed by atoms with Gasteiger partial charge in [0, 0.05) is 29.9 Å². The van der Waals surface area contributed by atoms with Crippen molar-refractivity contribution in [2.75, 3.05) is 0 Å². The monoisotopic (exact) mass is 298 g/mol. The van der Waals surface area contributed by atoms with E-state index in [-0.39, 0.29) is 23.9 Å². The van der Waals surface area contributed by atoms with Crippen molar-refractivity contribution in [3.63, 3.8) is 0 Å². The van der Waals surface area contributed by atoms with Gasteiger partial charge < -0.3 is 10.3 Å². The number of aromatic amines is 1. The number of fused-ring (bicyclic) bond motifs is 3. The zero-order chi connectivity index (χ0) is 15.7. The molecule has 1 amide bonds. The van der Waals surface area contributed by atoms with Gasteiger partial charge in [-0.3, -0.25) is 14.2 Å². The fourth-order valence-electron chi connectivity index (χ4n) is 2.51. The Balaban J connectivity index is 1.92. The Morgan fingerprint density at radius 3 is 2.91 bits per heavy atom. The van der Waals surface area contributed by atoms with Crippen LogP contribution >= 0.6 is 0 Å². The molecule has 0 radical (unpaired) electrons. The molecular formula is C16H18N4O2. The Morgan fingerprint density at radius 1 is 1.36 bits per heavy atom. The molecule has 114 valence electrons. The largest absolute Gasteiger partial charge is 0.354 e. The average molecular weight is 298 g/mol. The maximum Gasteiger partial charge on any atom is 0.277 e. The molecular weight excluding hydrogens is 280 g/mol. The smallest absolute Gasteiger partial charge is 0.277 e. The summed E-state index contributed by atoms with van der Waals surface area (Å²) in [6.45, 7) is 4.13. The number of nitrogens with zero attached hydrogens (tertiary/aromatic N) is 2. The summed E-state index contributed by atoms with van der Waals surface area (Å²) in [5.41, 5.74) is 1.88. The molecule has 2 heterocycles. The van der Waals surface area contributed by atoms with Gasteiger partial charge in [0.2, 0.25) is 5.91 Å². The maximum atomic E-state index is 12.5. The van der Waals surface area contributed by atoms with E-state index in [2.05, 4.69) is 15.3 Å². The Kier molecular flexibility index (Phi) is 3.66. The predicted molar refractivity (Wildman–Crippen MR) is 85.8 cm³/mol. The summed E-state index contributed by atoms with van der Waals surface area (Å²) in [4.78, 5) is 31.7. The van der Waals surface area contributed by atoms with Gasteiger partial charge in [-0.2, -0.15) is 0 Å². The van der Waals surface area contributed by atoms with Crippen LogP contribution in [0.15, 0.2) is 35.4 Å². The van der Waals surface area contributed by atoms with Crippen LogP contribution in [0.2, 0.25) is 0 Å². The van der Waals surface area contributed by atoms with Gasteiger partial charge in [-0.15, -0.1) is 0 Å². The second-order valence-corrected chi connectivity index (χ2v) is 5.61. The van der Waals surface area contributed by atoms with Crippen molar-refractivity contribution >= 4 is 27.8 Å². The third kappa shape index (κ3) is 2.59. The number of hydrogen-bond donors (Lipinski definition) is 2. The van der Waals surface area contributed by atoms with Crippen molar-refractivity contribution < 1.29 is 4.79 Å². The average Bonchev–Trinajstić information content (AvgIpc) is 2.85. The van der Waals surface area contributed by atoms with Crippen LogP contribution in [0.5, 0.6) is 0 Å². The van der Waals surface area contributed by atoms with Gasteiger partial charge in [-0.1, -0.05) is 18.2 Å². The highest BCUT2D eigenvalue weighted by Crippen LogP contribution is 2.20. The van der Waals surface area contributed by atoms with E-state index in [0.29, 0.717) is 17.6 Å². The van der Waals surface area contributed by atoms with Gasteiger partial charge in [0.1, 0.15) is 11.0 Å². The van der Waals surface area contributed by atoms with E-state index in [4.69, 9.17) is 0 Å². The number of benzene rings is 1. The van der Waals surface area contributed by atoms with Crippen LogP contribution in [0.4, 0.5) is 0 Å². The third-order valence-corrected chi connectivity index (χ3v) is 3.51. The van der Waals surface area contributed by atoms with Crippen molar-refractivity contribution in [3.05, 3.63) is 40.9 Å². The molecule has 0 atom stereocenters. The maximum absolute atomic E-state index is 12.5. The van der Waals surface area contributed by atoms with E-state index in [1.54, 1.807) is 0 Å². The van der Waals surface area contributed by atoms with Crippen LogP contribution in [-0.4, -0.2) is 26.5 Å². The second-order valence-electron chi connectivity index (χ2n) is 5.61. The SMILES string of the molecule is CC(C)NC(=O)CCn1cnc2c([nH]c3ccccc32)c1=O. The highest BCUT2D eigenvalue weighted by atomic mass is 16.2. The Labute approximate surface area is 127 Å². The number of carbonyl (C=O) groups is 1. The number of hydrogen-bond acceptors (Lipinski definition) is 3. The van der Waals surface area contributed by atoms with Gasteiger partial charge >= 0.3 is 0 Å². The molecule has 0 aliphatic heterocycles. The lowest BCUT2D eigenvalue weighted by Gasteiger charge is -2.09. The lowest BCUT2D eigenvalue weighted by Crippen LogP contribution is -2.32. The lowest BCUT2D eigenvalue weighted by atomic mass is 10.2. The van der Waals surface area contributed by atoms with E-state index < -0.39 is 0 Å². The van der Waals surface area contributed by atoms with Crippen molar-refractivity contribution in [2.45, 2.75) is 32.9 Å². The Morgan fingerprint density at radius 2 is 2.14 bits per heavy atom. The molecule has 0 saturated carbocycles. The van der Waals surface area contributed by atoms with Crippen LogP contribution in [0.3, 0.4) is 0 Å². The van der Waals surface area contributed by atoms with Crippen LogP contribution in [0.25, 0.3) is 21.9 Å². The fraction of sp³-hybridized carbons (Fsp3) is 0.312. The minimum atomic E-state index is -0.154. The standard InChI is InChI=1S/C16H18N4O2/c1-10(2)18-13(21)7-8-20-9-17-14-11-5-3-4-6-12(11)19-15(14)16(20)22/h3-6,9-10,19H,7-8H2,1-2H3,(H,18,21). The molecule has 6 nitrogen and oxygen atoms in total. The summed E-state index contributed by atoms with van der Waals surface area (Å²) < 4.78 is 1.47. The number of amides is 1. The zero-order valence-corrected chi connectivity index (χ0v) is 12.6. The number of aryl methyl sites for hydroxylation is 1. The van der Waals surface area contributed by atoms with E-state index >= 15 is 0 Å². The first-order valence-electron chi connectivity index (χ1n) is 7.31. The predicted octanol–water partition coefficient (Wildman–Crippen LogP) is 1.79. The van der Waals surface area contributed by atoms with E-state index in [1.807, 2.05) is 38.1 Å². The molecule has 0 bridgehead atoms. The van der Waals surface area contributed by atoms with E-state index in [0.717, 1.165) is 10.9 Å². The first kappa shape index (κ1) is 14.3. The van der Waals surface area contributed by atoms with Crippen molar-refractivity contribution in [1.82, 2.24) is 19.9 Å². The molecule has 0 saturated heterocycles. The normalized spacial score (nSPS) is 11.4. The molecule has 0 aliphatic rings. The van der Waals surface area contributed by atoms with Crippen molar-refractivity contribution in [2.24, 2.45) is 0 Å². The summed E-state index contributed by atoms with van der Waals surface area (Å²) in [5.74, 6) is -0.0707. The quantitative estimate of drug-likeness (QED) is 0.770. The summed E-state index contributed by atoms with van der Waals surface area (Å²) >= 11 is 0. The summed E-state index contributed by atoms with van der Waals surface area (Å²) in [6.07, 6.45) is 1.76. The van der Waals surface area contributed by atoms with Crippen molar-refractivity contribution in [1.29, 1.82) is 0 Å². The van der Waals surface area contributed by atoms with Gasteiger partial charge in [-0.25, -0.2) is 4.98 Å². The van der Waals surface area contributed by atoms with Crippen LogP contribution < -0.4 is 10.9 Å². The molecule has 0 spiro atoms. The Hall–Kier alpha value is -2.63. The third-order valence-electron chi connectivity index (χ3n) is 3.51. The molecule has 0 aliphatic carbocycles. The summed E-state index contributed by atoms with van der Waals surface area (Å²) in [7, 11) is 0. The summed E-state index contributed by atoms with van der Waals surface area (Å²) in [5, 5.41) is 3.74. The first-order chi connectivity index (χ1) is 10.6. The fourth-order valence-corrected chi connectivity index (χ4v) is 2.51. The second kappa shape index (κ2) is 5.63. The summed E-state index contributed by atoms with van der Waals surface area (Å²) in [6, 6.07) is 7.77. The van der Waals surface area contributed by atoms with E-state index in [1.165, 1.54) is 10.9 Å². The molecule has 2 aromatic heterocycles. The minimum Gasteiger partial charge on any atom is -0.354 e. The molecule has 0 fully saturated rings. The number of rotatable bonds is 4. The molecule has 22 heavy (non-hydrogen) atoms. The van der Waals surface area contributed by atoms with Gasteiger partial charge in [0.25, 0.3) is 5.56 Å². The topological polar surface area (TPSA) is 79.8 Å². The molecule has 6 heteroatoms. The van der Waals surface area contributed by atoms with Crippen LogP contribution in [0, 0.1) is 0 Å². The zero-order valence-electron chi connectivity index (χ0n) is 12.6. The highest BCUT2D eigenvalue weighted by molar-refractivity contribution is 6.04. The number of H-pyrrole nitrogens is 1. The molecule has 2 N–H and O–H groups in total. The molecule has 0 unspecified atom stereocenters. The number of nitrogens with one attached hydrogen (secondary N) is 2. The Bertz CT molecular complexity index is 892. The van der Waals surface area contributed by atoms with Gasteiger partial charge in [0.05, 0.1) is 6.33 Å². The van der Waals surface area contributed by atoms with Gasteiger partial charge in [-0.05, 0) is 19.9 Å². The first-order valence-corrected chi connectivity index (χ1v) is 7.31. The van der Waals surface area contributed by atoms with Crippen LogP contribution in [-0.2, 0) is 11.3 Å². The number of para-hydroxylation sites is 1. The molecule has 3 aromatic rings. The molecule has 1 aromatic carbocycles. The van der Waals surface area contributed by atoms with Crippen molar-refractivity contribution in [3.8, 4) is 0 Å². The highest BCUT2D eigenvalue weighted by Gasteiger charge is 2.11. The number of aromatic nitrogens is 3. The lowest BCUT2D eigenvalue weighted by molar-refractivity contribution is -0.121.